The predicted octanol–water partition coefficient (Wildman–Crippen LogP) is 5.28. The van der Waals surface area contributed by atoms with Crippen LogP contribution in [0.2, 0.25) is 0 Å². The predicted molar refractivity (Wildman–Crippen MR) is 190 cm³/mol. The number of unbranched alkanes of at least 4 members (excludes halogenated alkanes) is 8. The van der Waals surface area contributed by atoms with Gasteiger partial charge in [0.15, 0.2) is 11.5 Å². The number of para-hydroxylation sites is 1. The van der Waals surface area contributed by atoms with Gasteiger partial charge in [0.05, 0.1) is 32.3 Å². The highest BCUT2D eigenvalue weighted by atomic mass is 16.5. The fraction of sp³-hybridized carbons (Fsp3) is 0.538. The van der Waals surface area contributed by atoms with Crippen LogP contribution in [0.3, 0.4) is 0 Å². The van der Waals surface area contributed by atoms with Gasteiger partial charge in [-0.2, -0.15) is 0 Å². The lowest BCUT2D eigenvalue weighted by Crippen LogP contribution is -2.56. The molecule has 0 saturated carbocycles. The fourth-order valence-electron chi connectivity index (χ4n) is 7.30. The van der Waals surface area contributed by atoms with Crippen molar-refractivity contribution in [2.45, 2.75) is 108 Å². The second-order valence-electron chi connectivity index (χ2n) is 13.3. The van der Waals surface area contributed by atoms with E-state index in [0.717, 1.165) is 35.9 Å². The third-order valence-electron chi connectivity index (χ3n) is 9.88. The molecule has 0 saturated heterocycles. The van der Waals surface area contributed by atoms with Gasteiger partial charge < -0.3 is 40.0 Å². The average molecular weight is 676 g/mol. The Morgan fingerprint density at radius 1 is 1.00 bits per heavy atom. The van der Waals surface area contributed by atoms with Crippen LogP contribution in [0.4, 0.5) is 0 Å². The molecule has 1 aromatic heterocycles. The molecule has 0 bridgehead atoms. The molecule has 2 aliphatic rings. The lowest BCUT2D eigenvalue weighted by atomic mass is 9.77. The molecule has 4 atom stereocenters. The summed E-state index contributed by atoms with van der Waals surface area (Å²) < 4.78 is 12.0. The van der Waals surface area contributed by atoms with E-state index in [1.165, 1.54) is 45.6 Å². The molecule has 1 aliphatic heterocycles. The molecule has 0 radical (unpaired) electrons. The number of rotatable bonds is 19. The lowest BCUT2D eigenvalue weighted by Gasteiger charge is -2.40. The number of benzene rings is 2. The number of aromatic nitrogens is 1. The molecule has 10 nitrogen and oxygen atoms in total. The first-order chi connectivity index (χ1) is 23.9. The number of aliphatic hydroxyl groups is 3. The molecule has 1 aliphatic carbocycles. The van der Waals surface area contributed by atoms with Gasteiger partial charge in [-0.15, -0.1) is 0 Å². The molecule has 2 amide bonds. The smallest absolute Gasteiger partial charge is 0.247 e. The number of aromatic amines is 1. The maximum absolute atomic E-state index is 14.1. The lowest BCUT2D eigenvalue weighted by molar-refractivity contribution is -0.137. The van der Waals surface area contributed by atoms with E-state index >= 15 is 0 Å². The molecular formula is C39H53N3O7. The van der Waals surface area contributed by atoms with Crippen molar-refractivity contribution in [3.63, 3.8) is 0 Å². The van der Waals surface area contributed by atoms with Gasteiger partial charge in [0.2, 0.25) is 11.8 Å². The van der Waals surface area contributed by atoms with E-state index in [1.54, 1.807) is 23.1 Å². The summed E-state index contributed by atoms with van der Waals surface area (Å²) in [7, 11) is 1.50. The molecule has 4 unspecified atom stereocenters. The Morgan fingerprint density at radius 2 is 1.73 bits per heavy atom. The topological polar surface area (TPSA) is 144 Å². The van der Waals surface area contributed by atoms with Crippen LogP contribution in [0.25, 0.3) is 10.9 Å². The molecule has 5 rings (SSSR count). The van der Waals surface area contributed by atoms with Crippen LogP contribution in [-0.4, -0.2) is 82.1 Å². The van der Waals surface area contributed by atoms with E-state index in [9.17, 15) is 24.9 Å². The van der Waals surface area contributed by atoms with Crippen molar-refractivity contribution in [2.24, 2.45) is 0 Å². The van der Waals surface area contributed by atoms with Crippen molar-refractivity contribution in [3.8, 4) is 11.5 Å². The highest BCUT2D eigenvalue weighted by Gasteiger charge is 2.51. The van der Waals surface area contributed by atoms with E-state index in [1.807, 2.05) is 24.3 Å². The minimum absolute atomic E-state index is 0.0517. The Bertz CT molecular complexity index is 1550. The molecule has 266 valence electrons. The minimum atomic E-state index is -1.15. The van der Waals surface area contributed by atoms with Crippen LogP contribution < -0.4 is 14.8 Å². The van der Waals surface area contributed by atoms with Gasteiger partial charge in [0.25, 0.3) is 0 Å². The molecule has 5 N–H and O–H groups in total. The number of H-pyrrole nitrogens is 1. The van der Waals surface area contributed by atoms with Crippen molar-refractivity contribution in [1.29, 1.82) is 0 Å². The highest BCUT2D eigenvalue weighted by molar-refractivity contribution is 5.96. The molecular weight excluding hydrogens is 622 g/mol. The first kappa shape index (κ1) is 36.4. The normalized spacial score (nSPS) is 19.6. The standard InChI is InChI=1S/C39H53N3O7/c1-3-4-5-6-7-8-9-10-11-16-34(45)42(19-17-28-23-27-14-12-13-15-31(27)41-28)32-24-30(39(47)40-18-20-43)35-29-21-26(25-44)22-33(48-2)37(29)49-38(35)36(32)46/h12-15,21-24,32,35-36,38,41,43-44,46H,3-11,16-20,25H2,1-2H3,(H,40,47). The van der Waals surface area contributed by atoms with Crippen molar-refractivity contribution in [1.82, 2.24) is 15.2 Å². The summed E-state index contributed by atoms with van der Waals surface area (Å²) in [5.74, 6) is -0.354. The second kappa shape index (κ2) is 17.7. The summed E-state index contributed by atoms with van der Waals surface area (Å²) in [5.41, 5.74) is 3.54. The Hall–Kier alpha value is -3.86. The minimum Gasteiger partial charge on any atom is -0.493 e. The van der Waals surface area contributed by atoms with Gasteiger partial charge in [0.1, 0.15) is 12.2 Å². The molecule has 2 aromatic carbocycles. The third kappa shape index (κ3) is 8.66. The van der Waals surface area contributed by atoms with Crippen molar-refractivity contribution in [2.75, 3.05) is 26.8 Å². The number of fused-ring (bicyclic) bond motifs is 4. The van der Waals surface area contributed by atoms with Gasteiger partial charge in [0, 0.05) is 48.3 Å². The maximum Gasteiger partial charge on any atom is 0.247 e. The summed E-state index contributed by atoms with van der Waals surface area (Å²) in [4.78, 5) is 32.9. The van der Waals surface area contributed by atoms with Gasteiger partial charge in [-0.05, 0) is 47.7 Å². The summed E-state index contributed by atoms with van der Waals surface area (Å²) in [6, 6.07) is 12.7. The van der Waals surface area contributed by atoms with Crippen LogP contribution in [-0.2, 0) is 22.6 Å². The van der Waals surface area contributed by atoms with Gasteiger partial charge in [-0.3, -0.25) is 9.59 Å². The molecule has 10 heteroatoms. The van der Waals surface area contributed by atoms with Crippen LogP contribution in [0, 0.1) is 0 Å². The molecule has 3 aromatic rings. The Kier molecular flexibility index (Phi) is 13.2. The number of nitrogens with zero attached hydrogens (tertiary/aromatic N) is 1. The third-order valence-corrected chi connectivity index (χ3v) is 9.88. The number of amides is 2. The van der Waals surface area contributed by atoms with E-state index in [-0.39, 0.29) is 25.7 Å². The number of carbonyl (C=O) groups excluding carboxylic acids is 2. The van der Waals surface area contributed by atoms with Crippen LogP contribution in [0.1, 0.15) is 93.9 Å². The first-order valence-corrected chi connectivity index (χ1v) is 18.0. The molecule has 2 heterocycles. The number of carbonyl (C=O) groups is 2. The van der Waals surface area contributed by atoms with Gasteiger partial charge in [-0.25, -0.2) is 0 Å². The quantitative estimate of drug-likeness (QED) is 0.109. The number of aliphatic hydroxyl groups excluding tert-OH is 3. The zero-order chi connectivity index (χ0) is 34.8. The molecule has 0 spiro atoms. The van der Waals surface area contributed by atoms with Crippen LogP contribution >= 0.6 is 0 Å². The number of ether oxygens (including phenoxy) is 2. The summed E-state index contributed by atoms with van der Waals surface area (Å²) in [6.45, 7) is 2.13. The number of methoxy groups -OCH3 is 1. The van der Waals surface area contributed by atoms with Crippen LogP contribution in [0.5, 0.6) is 11.5 Å². The van der Waals surface area contributed by atoms with E-state index in [4.69, 9.17) is 9.47 Å². The zero-order valence-corrected chi connectivity index (χ0v) is 29.0. The Balaban J connectivity index is 1.41. The number of hydrogen-bond acceptors (Lipinski definition) is 7. The second-order valence-corrected chi connectivity index (χ2v) is 13.3. The van der Waals surface area contributed by atoms with Gasteiger partial charge in [-0.1, -0.05) is 76.5 Å². The van der Waals surface area contributed by atoms with E-state index in [2.05, 4.69) is 23.3 Å². The SMILES string of the molecule is CCCCCCCCCCCC(=O)N(CCc1cc2ccccc2[nH]1)C1C=C(C(=O)NCCO)C2c3cc(CO)cc(OC)c3OC2C1O. The fourth-order valence-corrected chi connectivity index (χ4v) is 7.30. The van der Waals surface area contributed by atoms with Crippen molar-refractivity contribution >= 4 is 22.7 Å². The largest absolute Gasteiger partial charge is 0.493 e. The van der Waals surface area contributed by atoms with Crippen molar-refractivity contribution in [3.05, 3.63) is 70.9 Å². The monoisotopic (exact) mass is 675 g/mol. The average Bonchev–Trinajstić information content (AvgIpc) is 3.72. The molecule has 0 fully saturated rings. The Morgan fingerprint density at radius 3 is 2.43 bits per heavy atom. The summed E-state index contributed by atoms with van der Waals surface area (Å²) >= 11 is 0. The maximum atomic E-state index is 14.1. The Labute approximate surface area is 289 Å². The molecule has 49 heavy (non-hydrogen) atoms. The van der Waals surface area contributed by atoms with Crippen molar-refractivity contribution < 1.29 is 34.4 Å². The zero-order valence-electron chi connectivity index (χ0n) is 29.0. The van der Waals surface area contributed by atoms with Gasteiger partial charge >= 0.3 is 0 Å². The van der Waals surface area contributed by atoms with E-state index in [0.29, 0.717) is 47.6 Å². The first-order valence-electron chi connectivity index (χ1n) is 18.0. The summed E-state index contributed by atoms with van der Waals surface area (Å²) in [6.07, 6.45) is 10.8. The summed E-state index contributed by atoms with van der Waals surface area (Å²) in [5, 5.41) is 35.3. The van der Waals surface area contributed by atoms with Crippen LogP contribution in [0.15, 0.2) is 54.1 Å². The number of nitrogens with one attached hydrogen (secondary N) is 2. The highest BCUT2D eigenvalue weighted by Crippen LogP contribution is 2.51. The van der Waals surface area contributed by atoms with E-state index < -0.39 is 30.1 Å². The number of hydrogen-bond donors (Lipinski definition) is 5.